The molecule has 0 aromatic heterocycles. The van der Waals surface area contributed by atoms with E-state index in [1.54, 1.807) is 12.1 Å². The third-order valence-electron chi connectivity index (χ3n) is 4.59. The number of hydrogen-bond acceptors (Lipinski definition) is 4. The van der Waals surface area contributed by atoms with Gasteiger partial charge in [-0.25, -0.2) is 4.57 Å². The molecule has 4 aromatic rings. The zero-order chi connectivity index (χ0) is 20.8. The van der Waals surface area contributed by atoms with Gasteiger partial charge < -0.3 is 9.05 Å². The molecule has 4 nitrogen and oxygen atoms in total. The Labute approximate surface area is 176 Å². The first kappa shape index (κ1) is 20.0. The highest BCUT2D eigenvalue weighted by molar-refractivity contribution is 7.49. The number of phosphoric ester groups is 1. The van der Waals surface area contributed by atoms with E-state index in [4.69, 9.17) is 13.6 Å². The highest BCUT2D eigenvalue weighted by Crippen LogP contribution is 2.52. The van der Waals surface area contributed by atoms with Crippen LogP contribution in [0, 0.1) is 0 Å². The minimum absolute atomic E-state index is 0.422. The lowest BCUT2D eigenvalue weighted by molar-refractivity contribution is 0.250. The van der Waals surface area contributed by atoms with Crippen molar-refractivity contribution in [3.63, 3.8) is 0 Å². The maximum absolute atomic E-state index is 13.4. The number of rotatable bonds is 7. The molecule has 0 N–H and O–H groups in total. The fourth-order valence-corrected chi connectivity index (χ4v) is 4.13. The van der Waals surface area contributed by atoms with Gasteiger partial charge in [-0.3, -0.25) is 4.52 Å². The third-order valence-corrected chi connectivity index (χ3v) is 5.88. The zero-order valence-corrected chi connectivity index (χ0v) is 17.4. The van der Waals surface area contributed by atoms with Crippen LogP contribution in [-0.2, 0) is 9.09 Å². The molecule has 0 fully saturated rings. The van der Waals surface area contributed by atoms with Crippen LogP contribution in [0.3, 0.4) is 0 Å². The SMILES string of the molecule is COP(=O)(Oc1ccccc1-c1ccccc1)Oc1ccccc1-c1ccccc1. The smallest absolute Gasteiger partial charge is 0.394 e. The number of para-hydroxylation sites is 2. The van der Waals surface area contributed by atoms with Gasteiger partial charge in [-0.2, -0.15) is 0 Å². The summed E-state index contributed by atoms with van der Waals surface area (Å²) in [5.74, 6) is 0.845. The van der Waals surface area contributed by atoms with Crippen LogP contribution >= 0.6 is 7.82 Å². The lowest BCUT2D eigenvalue weighted by Crippen LogP contribution is -2.04. The first-order chi connectivity index (χ1) is 14.7. The van der Waals surface area contributed by atoms with Gasteiger partial charge in [0.2, 0.25) is 0 Å². The van der Waals surface area contributed by atoms with E-state index in [1.165, 1.54) is 7.11 Å². The van der Waals surface area contributed by atoms with E-state index in [1.807, 2.05) is 97.1 Å². The van der Waals surface area contributed by atoms with Crippen LogP contribution in [0.1, 0.15) is 0 Å². The Morgan fingerprint density at radius 3 is 1.30 bits per heavy atom. The normalized spacial score (nSPS) is 11.1. The van der Waals surface area contributed by atoms with Gasteiger partial charge in [-0.15, -0.1) is 0 Å². The minimum atomic E-state index is -3.94. The minimum Gasteiger partial charge on any atom is -0.394 e. The second-order valence-electron chi connectivity index (χ2n) is 6.54. The fourth-order valence-electron chi connectivity index (χ4n) is 3.14. The first-order valence-electron chi connectivity index (χ1n) is 9.52. The Hall–Kier alpha value is -3.33. The van der Waals surface area contributed by atoms with Crippen LogP contribution in [0.2, 0.25) is 0 Å². The molecule has 0 atom stereocenters. The molecule has 0 saturated heterocycles. The molecule has 0 unspecified atom stereocenters. The largest absolute Gasteiger partial charge is 0.587 e. The molecule has 4 rings (SSSR count). The molecular formula is C25H21O4P. The van der Waals surface area contributed by atoms with Gasteiger partial charge in [-0.1, -0.05) is 97.1 Å². The highest BCUT2D eigenvalue weighted by atomic mass is 31.2. The monoisotopic (exact) mass is 416 g/mol. The molecule has 0 aliphatic carbocycles. The van der Waals surface area contributed by atoms with E-state index in [2.05, 4.69) is 0 Å². The Balaban J connectivity index is 1.67. The van der Waals surface area contributed by atoms with Gasteiger partial charge in [-0.05, 0) is 23.3 Å². The zero-order valence-electron chi connectivity index (χ0n) is 16.5. The van der Waals surface area contributed by atoms with Crippen molar-refractivity contribution in [3.8, 4) is 33.8 Å². The van der Waals surface area contributed by atoms with Crippen molar-refractivity contribution in [2.24, 2.45) is 0 Å². The summed E-state index contributed by atoms with van der Waals surface area (Å²) >= 11 is 0. The van der Waals surface area contributed by atoms with Crippen molar-refractivity contribution in [2.45, 2.75) is 0 Å². The maximum Gasteiger partial charge on any atom is 0.587 e. The van der Waals surface area contributed by atoms with E-state index in [0.717, 1.165) is 22.3 Å². The fraction of sp³-hybridized carbons (Fsp3) is 0.0400. The maximum atomic E-state index is 13.4. The molecule has 0 aliphatic heterocycles. The lowest BCUT2D eigenvalue weighted by atomic mass is 10.1. The van der Waals surface area contributed by atoms with Gasteiger partial charge in [0, 0.05) is 18.2 Å². The molecular weight excluding hydrogens is 395 g/mol. The molecule has 30 heavy (non-hydrogen) atoms. The Kier molecular flexibility index (Phi) is 5.99. The lowest BCUT2D eigenvalue weighted by Gasteiger charge is -2.20. The molecule has 0 bridgehead atoms. The molecule has 0 heterocycles. The highest BCUT2D eigenvalue weighted by Gasteiger charge is 2.31. The van der Waals surface area contributed by atoms with Gasteiger partial charge in [0.15, 0.2) is 0 Å². The van der Waals surface area contributed by atoms with Crippen molar-refractivity contribution < 1.29 is 18.1 Å². The number of benzene rings is 4. The summed E-state index contributed by atoms with van der Waals surface area (Å²) in [4.78, 5) is 0. The third kappa shape index (κ3) is 4.46. The molecule has 150 valence electrons. The standard InChI is InChI=1S/C25H21O4P/c1-27-30(26,28-24-18-10-8-16-22(24)20-12-4-2-5-13-20)29-25-19-11-9-17-23(25)21-14-6-3-7-15-21/h2-19H,1H3. The van der Waals surface area contributed by atoms with Gasteiger partial charge in [0.1, 0.15) is 11.5 Å². The van der Waals surface area contributed by atoms with E-state index in [0.29, 0.717) is 11.5 Å². The summed E-state index contributed by atoms with van der Waals surface area (Å²) in [6.45, 7) is 0. The van der Waals surface area contributed by atoms with Crippen molar-refractivity contribution in [3.05, 3.63) is 109 Å². The summed E-state index contributed by atoms with van der Waals surface area (Å²) in [5, 5.41) is 0. The van der Waals surface area contributed by atoms with Crippen molar-refractivity contribution in [1.82, 2.24) is 0 Å². The molecule has 0 saturated carbocycles. The van der Waals surface area contributed by atoms with E-state index in [-0.39, 0.29) is 0 Å². The van der Waals surface area contributed by atoms with Crippen molar-refractivity contribution in [2.75, 3.05) is 7.11 Å². The molecule has 0 aliphatic rings. The second-order valence-corrected chi connectivity index (χ2v) is 8.16. The Bertz CT molecular complexity index is 1070. The van der Waals surface area contributed by atoms with Crippen LogP contribution in [-0.4, -0.2) is 7.11 Å². The quantitative estimate of drug-likeness (QED) is 0.298. The van der Waals surface area contributed by atoms with Gasteiger partial charge >= 0.3 is 7.82 Å². The second kappa shape index (κ2) is 9.00. The van der Waals surface area contributed by atoms with Gasteiger partial charge in [0.05, 0.1) is 0 Å². The van der Waals surface area contributed by atoms with Crippen LogP contribution in [0.5, 0.6) is 11.5 Å². The summed E-state index contributed by atoms with van der Waals surface area (Å²) in [5.41, 5.74) is 3.49. The number of phosphoric acid groups is 1. The first-order valence-corrected chi connectivity index (χ1v) is 11.0. The van der Waals surface area contributed by atoms with E-state index >= 15 is 0 Å². The predicted octanol–water partition coefficient (Wildman–Crippen LogP) is 7.23. The topological polar surface area (TPSA) is 44.8 Å². The molecule has 0 spiro atoms. The van der Waals surface area contributed by atoms with Crippen molar-refractivity contribution >= 4 is 7.82 Å². The van der Waals surface area contributed by atoms with Crippen LogP contribution in [0.25, 0.3) is 22.3 Å². The average Bonchev–Trinajstić information content (AvgIpc) is 2.81. The molecule has 0 radical (unpaired) electrons. The summed E-state index contributed by atoms with van der Waals surface area (Å²) in [6.07, 6.45) is 0. The van der Waals surface area contributed by atoms with Crippen LogP contribution in [0.15, 0.2) is 109 Å². The summed E-state index contributed by atoms with van der Waals surface area (Å²) < 4.78 is 30.3. The average molecular weight is 416 g/mol. The Morgan fingerprint density at radius 1 is 0.533 bits per heavy atom. The summed E-state index contributed by atoms with van der Waals surface area (Å²) in [6, 6.07) is 34.2. The van der Waals surface area contributed by atoms with Gasteiger partial charge in [0.25, 0.3) is 0 Å². The number of hydrogen-bond donors (Lipinski definition) is 0. The molecule has 5 heteroatoms. The van der Waals surface area contributed by atoms with Crippen molar-refractivity contribution in [1.29, 1.82) is 0 Å². The van der Waals surface area contributed by atoms with Crippen LogP contribution < -0.4 is 9.05 Å². The van der Waals surface area contributed by atoms with E-state index < -0.39 is 7.82 Å². The Morgan fingerprint density at radius 2 is 0.900 bits per heavy atom. The van der Waals surface area contributed by atoms with Crippen LogP contribution in [0.4, 0.5) is 0 Å². The molecule has 4 aromatic carbocycles. The van der Waals surface area contributed by atoms with E-state index in [9.17, 15) is 4.57 Å². The summed E-state index contributed by atoms with van der Waals surface area (Å²) in [7, 11) is -2.62. The molecule has 0 amide bonds. The predicted molar refractivity (Wildman–Crippen MR) is 120 cm³/mol.